The topological polar surface area (TPSA) is 93.7 Å². The predicted molar refractivity (Wildman–Crippen MR) is 105 cm³/mol. The number of carbonyl (C=O) groups is 1. The zero-order valence-corrected chi connectivity index (χ0v) is 17.2. The number of hydrogen-bond acceptors (Lipinski definition) is 8. The lowest BCUT2D eigenvalue weighted by Gasteiger charge is -2.08. The highest BCUT2D eigenvalue weighted by Crippen LogP contribution is 1.85. The van der Waals surface area contributed by atoms with Crippen molar-refractivity contribution < 1.29 is 38.0 Å². The van der Waals surface area contributed by atoms with Crippen molar-refractivity contribution >= 4 is 5.91 Å². The average Bonchev–Trinajstić information content (AvgIpc) is 2.71. The summed E-state index contributed by atoms with van der Waals surface area (Å²) in [5, 5.41) is 2.62. The molecule has 0 radical (unpaired) electrons. The van der Waals surface area contributed by atoms with Crippen molar-refractivity contribution in [2.45, 2.75) is 6.92 Å². The molecule has 0 aliphatic rings. The van der Waals surface area contributed by atoms with Gasteiger partial charge in [0.25, 0.3) is 0 Å². The monoisotopic (exact) mass is 407 g/mol. The van der Waals surface area contributed by atoms with Gasteiger partial charge in [0.2, 0.25) is 5.91 Å². The summed E-state index contributed by atoms with van der Waals surface area (Å²) in [4.78, 5) is 10.9. The Labute approximate surface area is 168 Å². The Bertz CT molecular complexity index is 344. The van der Waals surface area contributed by atoms with Crippen LogP contribution in [0.5, 0.6) is 0 Å². The molecule has 1 amide bonds. The third-order valence-electron chi connectivity index (χ3n) is 3.17. The third kappa shape index (κ3) is 23.0. The summed E-state index contributed by atoms with van der Waals surface area (Å²) in [6, 6.07) is 0. The van der Waals surface area contributed by atoms with Crippen molar-refractivity contribution in [1.82, 2.24) is 5.32 Å². The molecule has 0 unspecified atom stereocenters. The van der Waals surface area contributed by atoms with Crippen LogP contribution in [0.15, 0.2) is 12.7 Å². The Balaban J connectivity index is 3.01. The van der Waals surface area contributed by atoms with Crippen LogP contribution in [0.1, 0.15) is 6.92 Å². The molecule has 0 rings (SSSR count). The van der Waals surface area contributed by atoms with Crippen LogP contribution < -0.4 is 5.32 Å². The summed E-state index contributed by atoms with van der Waals surface area (Å²) in [5.41, 5.74) is 0. The minimum absolute atomic E-state index is 0.202. The molecule has 0 saturated carbocycles. The van der Waals surface area contributed by atoms with Gasteiger partial charge in [0, 0.05) is 13.2 Å². The van der Waals surface area contributed by atoms with Gasteiger partial charge >= 0.3 is 0 Å². The molecule has 0 aliphatic heterocycles. The molecule has 9 heteroatoms. The van der Waals surface area contributed by atoms with Crippen LogP contribution in [0, 0.1) is 0 Å². The number of carbonyl (C=O) groups excluding carboxylic acids is 1. The number of ether oxygens (including phenoxy) is 7. The van der Waals surface area contributed by atoms with Gasteiger partial charge in [0.05, 0.1) is 85.9 Å². The minimum atomic E-state index is -0.202. The smallest absolute Gasteiger partial charge is 0.243 e. The van der Waals surface area contributed by atoms with Crippen molar-refractivity contribution in [3.8, 4) is 0 Å². The molecular weight excluding hydrogens is 370 g/mol. The second kappa shape index (κ2) is 24.0. The van der Waals surface area contributed by atoms with Crippen LogP contribution in [0.2, 0.25) is 0 Å². The van der Waals surface area contributed by atoms with Gasteiger partial charge in [-0.3, -0.25) is 4.79 Å². The first-order chi connectivity index (χ1) is 13.8. The summed E-state index contributed by atoms with van der Waals surface area (Å²) < 4.78 is 37.3. The Hall–Kier alpha value is -1.07. The predicted octanol–water partition coefficient (Wildman–Crippen LogP) is 0.425. The minimum Gasteiger partial charge on any atom is -0.379 e. The second-order valence-corrected chi connectivity index (χ2v) is 5.37. The molecule has 166 valence electrons. The summed E-state index contributed by atoms with van der Waals surface area (Å²) in [7, 11) is 0. The van der Waals surface area contributed by atoms with Gasteiger partial charge in [-0.2, -0.15) is 0 Å². The lowest BCUT2D eigenvalue weighted by molar-refractivity contribution is -0.116. The fraction of sp³-hybridized carbons (Fsp3) is 0.842. The highest BCUT2D eigenvalue weighted by molar-refractivity contribution is 5.86. The second-order valence-electron chi connectivity index (χ2n) is 5.37. The van der Waals surface area contributed by atoms with Crippen LogP contribution >= 0.6 is 0 Å². The number of nitrogens with one attached hydrogen (secondary N) is 1. The van der Waals surface area contributed by atoms with E-state index in [-0.39, 0.29) is 5.91 Å². The van der Waals surface area contributed by atoms with E-state index >= 15 is 0 Å². The van der Waals surface area contributed by atoms with Crippen LogP contribution in [0.3, 0.4) is 0 Å². The molecule has 0 aromatic rings. The van der Waals surface area contributed by atoms with Crippen molar-refractivity contribution in [2.75, 3.05) is 99.0 Å². The van der Waals surface area contributed by atoms with Crippen LogP contribution in [0.4, 0.5) is 0 Å². The zero-order valence-electron chi connectivity index (χ0n) is 17.2. The molecule has 0 fully saturated rings. The van der Waals surface area contributed by atoms with E-state index in [1.54, 1.807) is 0 Å². The normalized spacial score (nSPS) is 10.9. The first-order valence-corrected chi connectivity index (χ1v) is 9.75. The molecule has 0 saturated heterocycles. The van der Waals surface area contributed by atoms with Gasteiger partial charge in [-0.05, 0) is 13.0 Å². The molecule has 0 spiro atoms. The van der Waals surface area contributed by atoms with E-state index < -0.39 is 0 Å². The van der Waals surface area contributed by atoms with Crippen molar-refractivity contribution in [2.24, 2.45) is 0 Å². The van der Waals surface area contributed by atoms with Crippen molar-refractivity contribution in [3.05, 3.63) is 12.7 Å². The van der Waals surface area contributed by atoms with Crippen molar-refractivity contribution in [1.29, 1.82) is 0 Å². The molecule has 0 aliphatic carbocycles. The van der Waals surface area contributed by atoms with Crippen molar-refractivity contribution in [3.63, 3.8) is 0 Å². The van der Waals surface area contributed by atoms with E-state index in [1.165, 1.54) is 6.08 Å². The SMILES string of the molecule is C=CC(=O)NCCOCCOCCOCCOCCOCCOCCOCC. The van der Waals surface area contributed by atoms with E-state index in [2.05, 4.69) is 11.9 Å². The lowest BCUT2D eigenvalue weighted by atomic mass is 10.5. The maximum absolute atomic E-state index is 10.9. The number of rotatable bonds is 23. The first-order valence-electron chi connectivity index (χ1n) is 9.75. The third-order valence-corrected chi connectivity index (χ3v) is 3.17. The van der Waals surface area contributed by atoms with Gasteiger partial charge < -0.3 is 38.5 Å². The Kier molecular flexibility index (Phi) is 23.1. The maximum Gasteiger partial charge on any atom is 0.243 e. The van der Waals surface area contributed by atoms with Crippen LogP contribution in [-0.2, 0) is 38.0 Å². The Morgan fingerprint density at radius 2 is 0.964 bits per heavy atom. The molecule has 1 N–H and O–H groups in total. The summed E-state index contributed by atoms with van der Waals surface area (Å²) in [5.74, 6) is -0.202. The summed E-state index contributed by atoms with van der Waals surface area (Å²) in [6.07, 6.45) is 1.23. The molecule has 0 aromatic carbocycles. The molecular formula is C19H37NO8. The van der Waals surface area contributed by atoms with Gasteiger partial charge in [0.15, 0.2) is 0 Å². The molecule has 0 bridgehead atoms. The average molecular weight is 408 g/mol. The van der Waals surface area contributed by atoms with Crippen LogP contribution in [0.25, 0.3) is 0 Å². The van der Waals surface area contributed by atoms with Crippen LogP contribution in [-0.4, -0.2) is 105 Å². The largest absolute Gasteiger partial charge is 0.379 e. The van der Waals surface area contributed by atoms with E-state index in [4.69, 9.17) is 33.2 Å². The lowest BCUT2D eigenvalue weighted by Crippen LogP contribution is -2.25. The van der Waals surface area contributed by atoms with E-state index in [9.17, 15) is 4.79 Å². The number of amides is 1. The van der Waals surface area contributed by atoms with E-state index in [1.807, 2.05) is 6.92 Å². The quantitative estimate of drug-likeness (QED) is 0.192. The fourth-order valence-corrected chi connectivity index (χ4v) is 1.78. The highest BCUT2D eigenvalue weighted by atomic mass is 16.6. The summed E-state index contributed by atoms with van der Waals surface area (Å²) in [6.45, 7) is 13.3. The fourth-order valence-electron chi connectivity index (χ4n) is 1.78. The molecule has 28 heavy (non-hydrogen) atoms. The zero-order chi connectivity index (χ0) is 20.5. The first kappa shape index (κ1) is 26.9. The Morgan fingerprint density at radius 1 is 0.643 bits per heavy atom. The standard InChI is InChI=1S/C19H37NO8/c1-3-19(21)20-5-6-23-9-10-25-13-14-27-17-18-28-16-15-26-12-11-24-8-7-22-4-2/h3H,1,4-18H2,2H3,(H,20,21). The van der Waals surface area contributed by atoms with Gasteiger partial charge in [-0.15, -0.1) is 0 Å². The number of hydrogen-bond donors (Lipinski definition) is 1. The van der Waals surface area contributed by atoms with E-state index in [0.717, 1.165) is 0 Å². The Morgan fingerprint density at radius 3 is 1.29 bits per heavy atom. The van der Waals surface area contributed by atoms with Gasteiger partial charge in [-0.1, -0.05) is 6.58 Å². The van der Waals surface area contributed by atoms with Gasteiger partial charge in [0.1, 0.15) is 0 Å². The van der Waals surface area contributed by atoms with Gasteiger partial charge in [-0.25, -0.2) is 0 Å². The molecule has 0 heterocycles. The highest BCUT2D eigenvalue weighted by Gasteiger charge is 1.95. The molecule has 0 atom stereocenters. The van der Waals surface area contributed by atoms with E-state index in [0.29, 0.717) is 99.0 Å². The summed E-state index contributed by atoms with van der Waals surface area (Å²) >= 11 is 0. The molecule has 0 aromatic heterocycles. The molecule has 9 nitrogen and oxygen atoms in total. The maximum atomic E-state index is 10.9.